The molecule has 1 atom stereocenters. The fraction of sp³-hybridized carbons (Fsp3) is 0.0741. The molecule has 0 bridgehead atoms. The zero-order valence-corrected chi connectivity index (χ0v) is 20.5. The van der Waals surface area contributed by atoms with E-state index >= 15 is 0 Å². The van der Waals surface area contributed by atoms with Crippen molar-refractivity contribution in [3.63, 3.8) is 0 Å². The third kappa shape index (κ3) is 4.87. The largest absolute Gasteiger partial charge is 0.382 e. The maximum absolute atomic E-state index is 14.2. The van der Waals surface area contributed by atoms with E-state index in [1.54, 1.807) is 49.6 Å². The monoisotopic (exact) mass is 529 g/mol. The fourth-order valence-electron chi connectivity index (χ4n) is 3.89. The lowest BCUT2D eigenvalue weighted by molar-refractivity contribution is 0.579. The van der Waals surface area contributed by atoms with Crippen molar-refractivity contribution in [2.45, 2.75) is 13.0 Å². The molecule has 0 saturated heterocycles. The van der Waals surface area contributed by atoms with Gasteiger partial charge in [0.15, 0.2) is 0 Å². The third-order valence-electron chi connectivity index (χ3n) is 5.59. The Balaban J connectivity index is 1.65. The first-order valence-corrected chi connectivity index (χ1v) is 11.7. The standard InChI is InChI=1S/C27H18ClF2N7O/c1-15(35-25-20(24(31)33-14-34-25)8-7-16-4-3-9-32-13-16)26-36-22-6-2-5-21(28)23(22)27(38)37(26)19-11-17(29)10-18(30)12-19/h2-6,9-15H,1H3,(H3,31,33,34,35). The number of fused-ring (bicyclic) bond motifs is 1. The number of benzene rings is 2. The zero-order chi connectivity index (χ0) is 26.8. The van der Waals surface area contributed by atoms with Crippen LogP contribution in [0, 0.1) is 23.5 Å². The highest BCUT2D eigenvalue weighted by molar-refractivity contribution is 6.35. The van der Waals surface area contributed by atoms with Crippen LogP contribution in [-0.2, 0) is 0 Å². The van der Waals surface area contributed by atoms with Gasteiger partial charge in [-0.25, -0.2) is 23.7 Å². The summed E-state index contributed by atoms with van der Waals surface area (Å²) in [4.78, 5) is 30.6. The number of halogens is 3. The predicted molar refractivity (Wildman–Crippen MR) is 141 cm³/mol. The van der Waals surface area contributed by atoms with Gasteiger partial charge in [0.05, 0.1) is 27.7 Å². The van der Waals surface area contributed by atoms with Crippen LogP contribution in [0.15, 0.2) is 72.0 Å². The van der Waals surface area contributed by atoms with E-state index in [-0.39, 0.29) is 33.6 Å². The minimum Gasteiger partial charge on any atom is -0.382 e. The lowest BCUT2D eigenvalue weighted by atomic mass is 10.2. The van der Waals surface area contributed by atoms with Crippen molar-refractivity contribution in [1.82, 2.24) is 24.5 Å². The molecule has 0 fully saturated rings. The average Bonchev–Trinajstić information content (AvgIpc) is 2.88. The summed E-state index contributed by atoms with van der Waals surface area (Å²) in [6, 6.07) is 10.4. The van der Waals surface area contributed by atoms with Crippen LogP contribution in [0.5, 0.6) is 0 Å². The van der Waals surface area contributed by atoms with Gasteiger partial charge in [-0.2, -0.15) is 0 Å². The van der Waals surface area contributed by atoms with Gasteiger partial charge in [0.2, 0.25) is 0 Å². The van der Waals surface area contributed by atoms with E-state index in [1.165, 1.54) is 6.33 Å². The molecule has 11 heteroatoms. The molecule has 3 aromatic heterocycles. The Morgan fingerprint density at radius 3 is 2.61 bits per heavy atom. The first-order chi connectivity index (χ1) is 18.3. The van der Waals surface area contributed by atoms with Gasteiger partial charge >= 0.3 is 0 Å². The van der Waals surface area contributed by atoms with Crippen molar-refractivity contribution < 1.29 is 8.78 Å². The molecule has 1 unspecified atom stereocenters. The molecule has 0 spiro atoms. The maximum Gasteiger partial charge on any atom is 0.267 e. The number of hydrogen-bond donors (Lipinski definition) is 2. The van der Waals surface area contributed by atoms with Gasteiger partial charge in [-0.15, -0.1) is 0 Å². The van der Waals surface area contributed by atoms with E-state index in [0.29, 0.717) is 22.7 Å². The molecule has 0 aliphatic carbocycles. The van der Waals surface area contributed by atoms with Crippen LogP contribution in [-0.4, -0.2) is 24.5 Å². The summed E-state index contributed by atoms with van der Waals surface area (Å²) in [6.07, 6.45) is 4.50. The highest BCUT2D eigenvalue weighted by Gasteiger charge is 2.22. The number of anilines is 2. The number of aromatic nitrogens is 5. The van der Waals surface area contributed by atoms with Crippen LogP contribution in [0.2, 0.25) is 5.02 Å². The SMILES string of the molecule is CC(Nc1ncnc(N)c1C#Cc1cccnc1)c1nc2cccc(Cl)c2c(=O)n1-c1cc(F)cc(F)c1. The topological polar surface area (TPSA) is 112 Å². The minimum absolute atomic E-state index is 0.0516. The van der Waals surface area contributed by atoms with Gasteiger partial charge in [-0.1, -0.05) is 29.5 Å². The van der Waals surface area contributed by atoms with Crippen molar-refractivity contribution in [2.24, 2.45) is 0 Å². The van der Waals surface area contributed by atoms with Gasteiger partial charge in [-0.05, 0) is 43.3 Å². The molecule has 5 rings (SSSR count). The van der Waals surface area contributed by atoms with Gasteiger partial charge in [-0.3, -0.25) is 14.3 Å². The van der Waals surface area contributed by atoms with Crippen LogP contribution < -0.4 is 16.6 Å². The second-order valence-electron chi connectivity index (χ2n) is 8.21. The van der Waals surface area contributed by atoms with E-state index in [0.717, 1.165) is 16.7 Å². The van der Waals surface area contributed by atoms with Gasteiger partial charge < -0.3 is 11.1 Å². The molecule has 3 N–H and O–H groups in total. The molecular weight excluding hydrogens is 512 g/mol. The highest BCUT2D eigenvalue weighted by atomic mass is 35.5. The molecule has 0 aliphatic rings. The normalized spacial score (nSPS) is 11.6. The summed E-state index contributed by atoms with van der Waals surface area (Å²) < 4.78 is 29.5. The molecule has 5 aromatic rings. The van der Waals surface area contributed by atoms with Crippen LogP contribution in [0.1, 0.15) is 29.9 Å². The third-order valence-corrected chi connectivity index (χ3v) is 5.90. The Labute approximate surface area is 220 Å². The summed E-state index contributed by atoms with van der Waals surface area (Å²) in [5.41, 5.74) is 6.74. The molecule has 0 amide bonds. The fourth-order valence-corrected chi connectivity index (χ4v) is 4.14. The zero-order valence-electron chi connectivity index (χ0n) is 19.8. The number of nitrogens with two attached hydrogens (primary N) is 1. The molecule has 0 aliphatic heterocycles. The number of pyridine rings is 1. The Bertz CT molecular complexity index is 1780. The highest BCUT2D eigenvalue weighted by Crippen LogP contribution is 2.26. The van der Waals surface area contributed by atoms with Crippen LogP contribution in [0.4, 0.5) is 20.4 Å². The van der Waals surface area contributed by atoms with Gasteiger partial charge in [0.25, 0.3) is 5.56 Å². The molecular formula is C27H18ClF2N7O. The van der Waals surface area contributed by atoms with Crippen LogP contribution >= 0.6 is 11.6 Å². The average molecular weight is 530 g/mol. The van der Waals surface area contributed by atoms with Gasteiger partial charge in [0.1, 0.15) is 41.0 Å². The first kappa shape index (κ1) is 24.8. The number of nitrogens with zero attached hydrogens (tertiary/aromatic N) is 5. The second-order valence-corrected chi connectivity index (χ2v) is 8.62. The quantitative estimate of drug-likeness (QED) is 0.326. The van der Waals surface area contributed by atoms with E-state index in [9.17, 15) is 13.6 Å². The Morgan fingerprint density at radius 2 is 1.87 bits per heavy atom. The van der Waals surface area contributed by atoms with Crippen molar-refractivity contribution in [1.29, 1.82) is 0 Å². The van der Waals surface area contributed by atoms with E-state index in [2.05, 4.69) is 37.1 Å². The summed E-state index contributed by atoms with van der Waals surface area (Å²) >= 11 is 6.30. The smallest absolute Gasteiger partial charge is 0.267 e. The van der Waals surface area contributed by atoms with Crippen molar-refractivity contribution in [3.8, 4) is 17.5 Å². The van der Waals surface area contributed by atoms with Crippen LogP contribution in [0.3, 0.4) is 0 Å². The lowest BCUT2D eigenvalue weighted by Gasteiger charge is -2.21. The van der Waals surface area contributed by atoms with Crippen molar-refractivity contribution >= 4 is 34.1 Å². The number of nitrogens with one attached hydrogen (secondary N) is 1. The molecule has 188 valence electrons. The predicted octanol–water partition coefficient (Wildman–Crippen LogP) is 4.66. The van der Waals surface area contributed by atoms with Crippen LogP contribution in [0.25, 0.3) is 16.6 Å². The van der Waals surface area contributed by atoms with Gasteiger partial charge in [0, 0.05) is 24.0 Å². The van der Waals surface area contributed by atoms with Crippen molar-refractivity contribution in [3.05, 3.63) is 111 Å². The summed E-state index contributed by atoms with van der Waals surface area (Å²) in [5.74, 6) is 4.78. The Morgan fingerprint density at radius 1 is 1.08 bits per heavy atom. The molecule has 3 heterocycles. The summed E-state index contributed by atoms with van der Waals surface area (Å²) in [7, 11) is 0. The number of hydrogen-bond acceptors (Lipinski definition) is 7. The van der Waals surface area contributed by atoms with E-state index in [1.807, 2.05) is 0 Å². The Hall–Kier alpha value is -4.88. The lowest BCUT2D eigenvalue weighted by Crippen LogP contribution is -2.28. The number of nitrogen functional groups attached to an aromatic ring is 1. The molecule has 38 heavy (non-hydrogen) atoms. The maximum atomic E-state index is 14.2. The molecule has 8 nitrogen and oxygen atoms in total. The summed E-state index contributed by atoms with van der Waals surface area (Å²) in [5, 5.41) is 3.43. The minimum atomic E-state index is -0.853. The second kappa shape index (κ2) is 10.2. The van der Waals surface area contributed by atoms with E-state index < -0.39 is 23.2 Å². The first-order valence-electron chi connectivity index (χ1n) is 11.3. The number of rotatable bonds is 4. The van der Waals surface area contributed by atoms with Crippen molar-refractivity contribution in [2.75, 3.05) is 11.1 Å². The molecule has 0 radical (unpaired) electrons. The Kier molecular flexibility index (Phi) is 6.68. The summed E-state index contributed by atoms with van der Waals surface area (Å²) in [6.45, 7) is 1.71. The van der Waals surface area contributed by atoms with E-state index in [4.69, 9.17) is 17.3 Å². The molecule has 2 aromatic carbocycles. The molecule has 0 saturated carbocycles.